The van der Waals surface area contributed by atoms with E-state index >= 15 is 0 Å². The van der Waals surface area contributed by atoms with Gasteiger partial charge in [0.15, 0.2) is 15.6 Å². The molecule has 0 radical (unpaired) electrons. The van der Waals surface area contributed by atoms with Gasteiger partial charge < -0.3 is 10.1 Å². The van der Waals surface area contributed by atoms with E-state index in [1.165, 1.54) is 11.3 Å². The molecule has 5 rings (SSSR count). The topological polar surface area (TPSA) is 111 Å². The van der Waals surface area contributed by atoms with E-state index in [1.807, 2.05) is 19.1 Å². The maximum atomic E-state index is 13.4. The zero-order chi connectivity index (χ0) is 29.0. The van der Waals surface area contributed by atoms with E-state index in [2.05, 4.69) is 10.2 Å². The lowest BCUT2D eigenvalue weighted by Crippen LogP contribution is -2.37. The molecule has 1 saturated heterocycles. The number of benzene rings is 2. The summed E-state index contributed by atoms with van der Waals surface area (Å²) in [6, 6.07) is 15.9. The number of rotatable bonds is 11. The first-order valence-electron chi connectivity index (χ1n) is 13.7. The van der Waals surface area contributed by atoms with Crippen molar-refractivity contribution in [3.8, 4) is 5.69 Å². The number of anilines is 1. The predicted molar refractivity (Wildman–Crippen MR) is 162 cm³/mol. The summed E-state index contributed by atoms with van der Waals surface area (Å²) in [4.78, 5) is 34.0. The van der Waals surface area contributed by atoms with Crippen LogP contribution in [0.1, 0.15) is 22.7 Å². The van der Waals surface area contributed by atoms with Crippen LogP contribution in [0.15, 0.2) is 63.6 Å². The van der Waals surface area contributed by atoms with Gasteiger partial charge in [-0.25, -0.2) is 13.4 Å². The van der Waals surface area contributed by atoms with Crippen molar-refractivity contribution in [1.29, 1.82) is 0 Å². The Bertz CT molecular complexity index is 1710. The summed E-state index contributed by atoms with van der Waals surface area (Å²) < 4.78 is 32.3. The van der Waals surface area contributed by atoms with E-state index in [0.717, 1.165) is 56.4 Å². The van der Waals surface area contributed by atoms with Gasteiger partial charge in [-0.2, -0.15) is 0 Å². The van der Waals surface area contributed by atoms with Gasteiger partial charge in [0.2, 0.25) is 0 Å². The molecule has 0 bridgehead atoms. The average molecular weight is 595 g/mol. The fourth-order valence-corrected chi connectivity index (χ4v) is 7.59. The van der Waals surface area contributed by atoms with Crippen molar-refractivity contribution in [1.82, 2.24) is 14.5 Å². The van der Waals surface area contributed by atoms with Crippen LogP contribution in [0.5, 0.6) is 0 Å². The average Bonchev–Trinajstić information content (AvgIpc) is 3.39. The fraction of sp³-hybridized carbons (Fsp3) is 0.367. The van der Waals surface area contributed by atoms with E-state index in [0.29, 0.717) is 28.0 Å². The van der Waals surface area contributed by atoms with Gasteiger partial charge >= 0.3 is 0 Å². The molecule has 0 atom stereocenters. The Morgan fingerprint density at radius 1 is 1.05 bits per heavy atom. The number of nitrogens with zero attached hydrogens (tertiary/aromatic N) is 3. The quantitative estimate of drug-likeness (QED) is 0.261. The van der Waals surface area contributed by atoms with Crippen LogP contribution in [0.4, 0.5) is 5.69 Å². The number of aryl methyl sites for hydroxylation is 2. The number of ether oxygens (including phenoxy) is 1. The number of hydrogen-bond acceptors (Lipinski definition) is 9. The zero-order valence-electron chi connectivity index (χ0n) is 23.3. The number of Topliss-reactive ketones (excluding diaryl/α,β-unsaturated/α-hetero) is 1. The minimum absolute atomic E-state index is 0.00403. The highest BCUT2D eigenvalue weighted by Crippen LogP contribution is 2.22. The number of nitrogens with one attached hydrogen (secondary N) is 1. The second kappa shape index (κ2) is 12.6. The first kappa shape index (κ1) is 29.1. The lowest BCUT2D eigenvalue weighted by molar-refractivity contribution is -0.116. The minimum atomic E-state index is -3.65. The number of carbonyl (C=O) groups is 1. The fourth-order valence-electron chi connectivity index (χ4n) is 4.97. The van der Waals surface area contributed by atoms with Gasteiger partial charge in [-0.1, -0.05) is 12.1 Å². The third kappa shape index (κ3) is 7.10. The van der Waals surface area contributed by atoms with Crippen LogP contribution in [-0.4, -0.2) is 73.8 Å². The van der Waals surface area contributed by atoms with E-state index in [9.17, 15) is 18.0 Å². The highest BCUT2D eigenvalue weighted by molar-refractivity contribution is 7.94. The minimum Gasteiger partial charge on any atom is -0.385 e. The first-order chi connectivity index (χ1) is 19.7. The number of thiophene rings is 1. The number of aromatic nitrogens is 2. The monoisotopic (exact) mass is 594 g/mol. The van der Waals surface area contributed by atoms with Gasteiger partial charge in [0, 0.05) is 36.6 Å². The number of morpholine rings is 1. The summed E-state index contributed by atoms with van der Waals surface area (Å²) in [6.07, 6.45) is 1.01. The van der Waals surface area contributed by atoms with Crippen LogP contribution >= 0.6 is 11.3 Å². The van der Waals surface area contributed by atoms with E-state index in [1.54, 1.807) is 54.0 Å². The molecule has 9 nitrogen and oxygen atoms in total. The third-order valence-electron chi connectivity index (χ3n) is 7.09. The van der Waals surface area contributed by atoms with E-state index < -0.39 is 15.6 Å². The Labute approximate surface area is 243 Å². The molecule has 2 aromatic heterocycles. The number of carbonyl (C=O) groups excluding carboxylic acids is 1. The van der Waals surface area contributed by atoms with Crippen LogP contribution in [0.3, 0.4) is 0 Å². The molecular weight excluding hydrogens is 560 g/mol. The molecule has 1 aliphatic rings. The molecule has 0 aliphatic carbocycles. The van der Waals surface area contributed by atoms with E-state index in [4.69, 9.17) is 9.72 Å². The van der Waals surface area contributed by atoms with Crippen molar-refractivity contribution in [3.63, 3.8) is 0 Å². The molecule has 0 saturated carbocycles. The molecule has 41 heavy (non-hydrogen) atoms. The molecule has 3 heterocycles. The second-order valence-electron chi connectivity index (χ2n) is 10.3. The summed E-state index contributed by atoms with van der Waals surface area (Å²) in [5.41, 5.74) is 2.69. The van der Waals surface area contributed by atoms with Gasteiger partial charge in [0.1, 0.15) is 15.8 Å². The Morgan fingerprint density at radius 2 is 1.80 bits per heavy atom. The van der Waals surface area contributed by atoms with Gasteiger partial charge in [-0.15, -0.1) is 11.3 Å². The van der Waals surface area contributed by atoms with Gasteiger partial charge in [-0.05, 0) is 74.8 Å². The number of fused-ring (bicyclic) bond motifs is 1. The molecule has 0 spiro atoms. The summed E-state index contributed by atoms with van der Waals surface area (Å²) in [5, 5.41) is 3.95. The number of sulfone groups is 1. The van der Waals surface area contributed by atoms with Crippen LogP contribution in [0.25, 0.3) is 16.6 Å². The Morgan fingerprint density at radius 3 is 2.51 bits per heavy atom. The lowest BCUT2D eigenvalue weighted by Gasteiger charge is -2.26. The van der Waals surface area contributed by atoms with Crippen LogP contribution in [0.2, 0.25) is 0 Å². The number of hydrogen-bond donors (Lipinski definition) is 1. The van der Waals surface area contributed by atoms with Gasteiger partial charge in [0.05, 0.1) is 29.8 Å². The molecule has 2 aromatic carbocycles. The predicted octanol–water partition coefficient (Wildman–Crippen LogP) is 3.78. The summed E-state index contributed by atoms with van der Waals surface area (Å²) in [6.45, 7) is 9.02. The van der Waals surface area contributed by atoms with Crippen LogP contribution in [0, 0.1) is 13.8 Å². The van der Waals surface area contributed by atoms with Crippen molar-refractivity contribution >= 4 is 43.5 Å². The van der Waals surface area contributed by atoms with E-state index in [-0.39, 0.29) is 22.0 Å². The largest absolute Gasteiger partial charge is 0.385 e. The molecule has 1 N–H and O–H groups in total. The van der Waals surface area contributed by atoms with Gasteiger partial charge in [-0.3, -0.25) is 19.1 Å². The SMILES string of the molecule is Cc1ccc(S(=O)(=O)CC(=O)Cc2ccc(-n3c(C)nc4cc(NCCCN5CCOCC5)ccc4c3=O)cc2)s1. The summed E-state index contributed by atoms with van der Waals surface area (Å²) in [7, 11) is -3.65. The maximum absolute atomic E-state index is 13.4. The third-order valence-corrected chi connectivity index (χ3v) is 10.3. The van der Waals surface area contributed by atoms with Crippen molar-refractivity contribution in [2.45, 2.75) is 30.9 Å². The van der Waals surface area contributed by atoms with Crippen molar-refractivity contribution in [2.24, 2.45) is 0 Å². The molecule has 0 unspecified atom stereocenters. The molecule has 0 amide bonds. The Balaban J connectivity index is 1.24. The van der Waals surface area contributed by atoms with Crippen molar-refractivity contribution in [2.75, 3.05) is 50.5 Å². The second-order valence-corrected chi connectivity index (χ2v) is 13.8. The highest BCUT2D eigenvalue weighted by atomic mass is 32.2. The molecule has 1 aliphatic heterocycles. The van der Waals surface area contributed by atoms with Crippen LogP contribution in [-0.2, 0) is 25.8 Å². The standard InChI is InChI=1S/C30H34N4O5S2/c1-21-4-11-29(40-21)41(37,38)20-26(35)18-23-5-8-25(9-6-23)34-22(2)32-28-19-24(7-10-27(28)30(34)36)31-12-3-13-33-14-16-39-17-15-33/h4-11,19,31H,3,12-18,20H2,1-2H3. The molecule has 216 valence electrons. The van der Waals surface area contributed by atoms with Gasteiger partial charge in [0.25, 0.3) is 5.56 Å². The van der Waals surface area contributed by atoms with Crippen molar-refractivity contribution in [3.05, 3.63) is 81.2 Å². The Kier molecular flexibility index (Phi) is 8.98. The molecular formula is C30H34N4O5S2. The molecule has 11 heteroatoms. The Hall–Kier alpha value is -3.38. The summed E-state index contributed by atoms with van der Waals surface area (Å²) in [5.74, 6) is -0.366. The highest BCUT2D eigenvalue weighted by Gasteiger charge is 2.21. The maximum Gasteiger partial charge on any atom is 0.265 e. The zero-order valence-corrected chi connectivity index (χ0v) is 24.9. The smallest absolute Gasteiger partial charge is 0.265 e. The van der Waals surface area contributed by atoms with Crippen molar-refractivity contribution < 1.29 is 17.9 Å². The molecule has 4 aromatic rings. The number of ketones is 1. The molecule has 1 fully saturated rings. The van der Waals surface area contributed by atoms with Crippen LogP contribution < -0.4 is 10.9 Å². The normalized spacial score (nSPS) is 14.4. The summed E-state index contributed by atoms with van der Waals surface area (Å²) >= 11 is 1.17. The lowest BCUT2D eigenvalue weighted by atomic mass is 10.1. The first-order valence-corrected chi connectivity index (χ1v) is 16.1.